The Balaban J connectivity index is 2.07. The minimum Gasteiger partial charge on any atom is -0.336 e. The van der Waals surface area contributed by atoms with Gasteiger partial charge in [-0.15, -0.1) is 0 Å². The molecule has 1 fully saturated rings. The number of aromatic nitrogens is 2. The third-order valence-corrected chi connectivity index (χ3v) is 2.70. The second kappa shape index (κ2) is 4.02. The topological polar surface area (TPSA) is 64.2 Å². The van der Waals surface area contributed by atoms with Gasteiger partial charge in [0.1, 0.15) is 5.69 Å². The number of hydrogen-bond acceptors (Lipinski definition) is 3. The van der Waals surface area contributed by atoms with Crippen molar-refractivity contribution in [3.63, 3.8) is 0 Å². The number of rotatable bonds is 2. The van der Waals surface area contributed by atoms with E-state index in [1.807, 2.05) is 13.1 Å². The quantitative estimate of drug-likeness (QED) is 0.748. The first-order valence-corrected chi connectivity index (χ1v) is 5.29. The summed E-state index contributed by atoms with van der Waals surface area (Å²) in [6.45, 7) is 4.18. The second-order valence-corrected chi connectivity index (χ2v) is 3.86. The van der Waals surface area contributed by atoms with Gasteiger partial charge in [0, 0.05) is 31.9 Å². The highest BCUT2D eigenvalue weighted by Gasteiger charge is 2.25. The van der Waals surface area contributed by atoms with Crippen LogP contribution in [0.2, 0.25) is 0 Å². The van der Waals surface area contributed by atoms with Crippen molar-refractivity contribution in [2.24, 2.45) is 5.73 Å². The van der Waals surface area contributed by atoms with Crippen molar-refractivity contribution in [3.8, 4) is 0 Å². The van der Waals surface area contributed by atoms with Crippen LogP contribution in [0.3, 0.4) is 0 Å². The molecular formula is C10H16N4O. The minimum atomic E-state index is -0.00449. The highest BCUT2D eigenvalue weighted by atomic mass is 16.2. The van der Waals surface area contributed by atoms with Crippen molar-refractivity contribution in [1.29, 1.82) is 0 Å². The lowest BCUT2D eigenvalue weighted by molar-refractivity contribution is 0.0784. The molecule has 5 heteroatoms. The summed E-state index contributed by atoms with van der Waals surface area (Å²) in [4.78, 5) is 13.7. The number of nitrogens with zero attached hydrogens (tertiary/aromatic N) is 3. The lowest BCUT2D eigenvalue weighted by atomic mass is 10.3. The van der Waals surface area contributed by atoms with Gasteiger partial charge < -0.3 is 10.6 Å². The fourth-order valence-corrected chi connectivity index (χ4v) is 1.79. The lowest BCUT2D eigenvalue weighted by Gasteiger charge is -2.13. The van der Waals surface area contributed by atoms with Gasteiger partial charge in [-0.05, 0) is 19.4 Å². The van der Waals surface area contributed by atoms with Crippen LogP contribution < -0.4 is 5.73 Å². The van der Waals surface area contributed by atoms with Crippen molar-refractivity contribution in [1.82, 2.24) is 14.7 Å². The first-order valence-electron chi connectivity index (χ1n) is 5.29. The van der Waals surface area contributed by atoms with Crippen LogP contribution in [0.25, 0.3) is 0 Å². The first-order chi connectivity index (χ1) is 7.20. The number of hydrogen-bond donors (Lipinski definition) is 1. The Kier molecular flexibility index (Phi) is 2.73. The predicted octanol–water partition coefficient (Wildman–Crippen LogP) is 0.0762. The SMILES string of the molecule is CCn1ccc(C(=O)N2CC[C@@H](N)C2)n1. The van der Waals surface area contributed by atoms with E-state index in [-0.39, 0.29) is 11.9 Å². The summed E-state index contributed by atoms with van der Waals surface area (Å²) in [5, 5.41) is 4.18. The van der Waals surface area contributed by atoms with E-state index in [9.17, 15) is 4.79 Å². The molecular weight excluding hydrogens is 192 g/mol. The molecule has 0 bridgehead atoms. The van der Waals surface area contributed by atoms with Gasteiger partial charge in [0.25, 0.3) is 5.91 Å². The van der Waals surface area contributed by atoms with E-state index in [2.05, 4.69) is 5.10 Å². The Labute approximate surface area is 88.8 Å². The van der Waals surface area contributed by atoms with E-state index < -0.39 is 0 Å². The van der Waals surface area contributed by atoms with E-state index in [1.54, 1.807) is 15.6 Å². The molecule has 1 atom stereocenters. The van der Waals surface area contributed by atoms with Crippen LogP contribution in [-0.2, 0) is 6.54 Å². The Morgan fingerprint density at radius 3 is 3.07 bits per heavy atom. The number of amides is 1. The molecule has 1 aromatic rings. The van der Waals surface area contributed by atoms with Gasteiger partial charge in [0.2, 0.25) is 0 Å². The molecule has 15 heavy (non-hydrogen) atoms. The largest absolute Gasteiger partial charge is 0.336 e. The highest BCUT2D eigenvalue weighted by Crippen LogP contribution is 2.10. The van der Waals surface area contributed by atoms with Gasteiger partial charge in [0.15, 0.2) is 0 Å². The van der Waals surface area contributed by atoms with Gasteiger partial charge in [-0.25, -0.2) is 0 Å². The summed E-state index contributed by atoms with van der Waals surface area (Å²) in [6.07, 6.45) is 2.71. The highest BCUT2D eigenvalue weighted by molar-refractivity contribution is 5.92. The van der Waals surface area contributed by atoms with Crippen LogP contribution in [0.1, 0.15) is 23.8 Å². The average molecular weight is 208 g/mol. The van der Waals surface area contributed by atoms with Gasteiger partial charge in [-0.1, -0.05) is 0 Å². The smallest absolute Gasteiger partial charge is 0.274 e. The maximum atomic E-state index is 11.9. The molecule has 0 aromatic carbocycles. The predicted molar refractivity (Wildman–Crippen MR) is 56.4 cm³/mol. The molecule has 5 nitrogen and oxygen atoms in total. The molecule has 0 radical (unpaired) electrons. The maximum Gasteiger partial charge on any atom is 0.274 e. The lowest BCUT2D eigenvalue weighted by Crippen LogP contribution is -2.32. The Hall–Kier alpha value is -1.36. The van der Waals surface area contributed by atoms with Gasteiger partial charge in [-0.2, -0.15) is 5.10 Å². The van der Waals surface area contributed by atoms with Crippen molar-refractivity contribution in [2.75, 3.05) is 13.1 Å². The molecule has 2 rings (SSSR count). The average Bonchev–Trinajstić information content (AvgIpc) is 2.84. The van der Waals surface area contributed by atoms with E-state index in [0.717, 1.165) is 19.5 Å². The molecule has 0 aliphatic carbocycles. The fraction of sp³-hybridized carbons (Fsp3) is 0.600. The number of nitrogens with two attached hydrogens (primary N) is 1. The molecule has 2 heterocycles. The molecule has 0 saturated carbocycles. The Morgan fingerprint density at radius 2 is 2.53 bits per heavy atom. The number of carbonyl (C=O) groups is 1. The zero-order valence-corrected chi connectivity index (χ0v) is 8.89. The molecule has 82 valence electrons. The van der Waals surface area contributed by atoms with Crippen LogP contribution in [0.4, 0.5) is 0 Å². The van der Waals surface area contributed by atoms with Crippen LogP contribution in [-0.4, -0.2) is 39.7 Å². The molecule has 1 aliphatic rings. The molecule has 0 unspecified atom stereocenters. The summed E-state index contributed by atoms with van der Waals surface area (Å²) in [5.74, 6) is -0.00449. The normalized spacial score (nSPS) is 20.9. The summed E-state index contributed by atoms with van der Waals surface area (Å²) >= 11 is 0. The van der Waals surface area contributed by atoms with Crippen LogP contribution in [0.5, 0.6) is 0 Å². The third kappa shape index (κ3) is 2.02. The second-order valence-electron chi connectivity index (χ2n) is 3.86. The molecule has 1 saturated heterocycles. The molecule has 2 N–H and O–H groups in total. The molecule has 0 spiro atoms. The van der Waals surface area contributed by atoms with Gasteiger partial charge in [-0.3, -0.25) is 9.48 Å². The molecule has 1 aliphatic heterocycles. The van der Waals surface area contributed by atoms with Crippen molar-refractivity contribution in [3.05, 3.63) is 18.0 Å². The van der Waals surface area contributed by atoms with Gasteiger partial charge >= 0.3 is 0 Å². The molecule has 1 aromatic heterocycles. The van der Waals surface area contributed by atoms with Crippen LogP contribution >= 0.6 is 0 Å². The standard InChI is InChI=1S/C10H16N4O/c1-2-14-6-4-9(12-14)10(15)13-5-3-8(11)7-13/h4,6,8H,2-3,5,7,11H2,1H3/t8-/m1/s1. The third-order valence-electron chi connectivity index (χ3n) is 2.70. The number of likely N-dealkylation sites (tertiary alicyclic amines) is 1. The molecule has 1 amide bonds. The van der Waals surface area contributed by atoms with E-state index in [1.165, 1.54) is 0 Å². The fourth-order valence-electron chi connectivity index (χ4n) is 1.79. The van der Waals surface area contributed by atoms with Crippen LogP contribution in [0.15, 0.2) is 12.3 Å². The van der Waals surface area contributed by atoms with E-state index in [4.69, 9.17) is 5.73 Å². The monoisotopic (exact) mass is 208 g/mol. The Bertz CT molecular complexity index is 360. The van der Waals surface area contributed by atoms with E-state index >= 15 is 0 Å². The summed E-state index contributed by atoms with van der Waals surface area (Å²) in [7, 11) is 0. The van der Waals surface area contributed by atoms with Crippen molar-refractivity contribution in [2.45, 2.75) is 25.9 Å². The van der Waals surface area contributed by atoms with Crippen molar-refractivity contribution >= 4 is 5.91 Å². The summed E-state index contributed by atoms with van der Waals surface area (Å²) < 4.78 is 1.75. The van der Waals surface area contributed by atoms with Crippen LogP contribution in [0, 0.1) is 0 Å². The number of carbonyl (C=O) groups excluding carboxylic acids is 1. The van der Waals surface area contributed by atoms with Crippen molar-refractivity contribution < 1.29 is 4.79 Å². The summed E-state index contributed by atoms with van der Waals surface area (Å²) in [5.41, 5.74) is 6.27. The van der Waals surface area contributed by atoms with E-state index in [0.29, 0.717) is 12.2 Å². The zero-order valence-electron chi connectivity index (χ0n) is 8.89. The first kappa shape index (κ1) is 10.2. The Morgan fingerprint density at radius 1 is 1.73 bits per heavy atom. The maximum absolute atomic E-state index is 11.9. The number of aryl methyl sites for hydroxylation is 1. The zero-order chi connectivity index (χ0) is 10.8. The summed E-state index contributed by atoms with van der Waals surface area (Å²) in [6, 6.07) is 1.89. The van der Waals surface area contributed by atoms with Gasteiger partial charge in [0.05, 0.1) is 0 Å². The minimum absolute atomic E-state index is 0.00449.